The predicted octanol–water partition coefficient (Wildman–Crippen LogP) is 1.31. The molecule has 0 saturated carbocycles. The summed E-state index contributed by atoms with van der Waals surface area (Å²) < 4.78 is 22.1. The Kier molecular flexibility index (Phi) is 3.41. The first-order valence-corrected chi connectivity index (χ1v) is 5.37. The van der Waals surface area contributed by atoms with Crippen molar-refractivity contribution in [3.8, 4) is 0 Å². The Hall–Kier alpha value is -0.420. The normalized spacial score (nSPS) is 41.7. The summed E-state index contributed by atoms with van der Waals surface area (Å²) in [5.41, 5.74) is -0.120. The highest BCUT2D eigenvalue weighted by atomic mass is 16.7. The molecule has 15 heavy (non-hydrogen) atoms. The van der Waals surface area contributed by atoms with Gasteiger partial charge in [0.1, 0.15) is 0 Å². The maximum Gasteiger partial charge on any atom is 0.176 e. The molecule has 4 heteroatoms. The third kappa shape index (κ3) is 2.39. The Morgan fingerprint density at radius 2 is 1.67 bits per heavy atom. The molecule has 2 saturated heterocycles. The van der Waals surface area contributed by atoms with Crippen molar-refractivity contribution >= 4 is 0 Å². The van der Waals surface area contributed by atoms with E-state index in [2.05, 4.69) is 6.58 Å². The minimum absolute atomic E-state index is 0.0623. The molecule has 4 nitrogen and oxygen atoms in total. The van der Waals surface area contributed by atoms with Crippen LogP contribution < -0.4 is 0 Å². The molecule has 86 valence electrons. The van der Waals surface area contributed by atoms with Gasteiger partial charge in [0.2, 0.25) is 0 Å². The van der Waals surface area contributed by atoms with E-state index in [-0.39, 0.29) is 18.0 Å². The van der Waals surface area contributed by atoms with Crippen molar-refractivity contribution in [1.29, 1.82) is 0 Å². The van der Waals surface area contributed by atoms with Crippen molar-refractivity contribution in [3.05, 3.63) is 12.7 Å². The number of rotatable bonds is 2. The standard InChI is InChI=1S/C11H18O4/c1-3-9-12-5-11(6-13-9)7-14-10(4-2)15-8-11/h3,9-10H,1,4-8H2,2H3. The maximum atomic E-state index is 5.58. The summed E-state index contributed by atoms with van der Waals surface area (Å²) in [6.07, 6.45) is 2.20. The minimum atomic E-state index is -0.278. The van der Waals surface area contributed by atoms with Gasteiger partial charge in [0.05, 0.1) is 31.8 Å². The topological polar surface area (TPSA) is 36.9 Å². The van der Waals surface area contributed by atoms with E-state index in [1.54, 1.807) is 6.08 Å². The van der Waals surface area contributed by atoms with Crippen molar-refractivity contribution in [1.82, 2.24) is 0 Å². The van der Waals surface area contributed by atoms with E-state index in [4.69, 9.17) is 18.9 Å². The highest BCUT2D eigenvalue weighted by Gasteiger charge is 2.41. The van der Waals surface area contributed by atoms with Crippen LogP contribution in [0.5, 0.6) is 0 Å². The monoisotopic (exact) mass is 214 g/mol. The van der Waals surface area contributed by atoms with Gasteiger partial charge >= 0.3 is 0 Å². The van der Waals surface area contributed by atoms with Gasteiger partial charge in [-0.3, -0.25) is 0 Å². The van der Waals surface area contributed by atoms with Crippen LogP contribution in [0.25, 0.3) is 0 Å². The fourth-order valence-electron chi connectivity index (χ4n) is 1.78. The molecule has 2 aliphatic heterocycles. The first-order chi connectivity index (χ1) is 7.28. The lowest BCUT2D eigenvalue weighted by atomic mass is 9.91. The Balaban J connectivity index is 1.86. The summed E-state index contributed by atoms with van der Waals surface area (Å²) in [4.78, 5) is 0. The summed E-state index contributed by atoms with van der Waals surface area (Å²) in [7, 11) is 0. The molecule has 0 aromatic carbocycles. The molecule has 0 atom stereocenters. The van der Waals surface area contributed by atoms with Gasteiger partial charge in [0.15, 0.2) is 12.6 Å². The molecule has 0 unspecified atom stereocenters. The Labute approximate surface area is 90.1 Å². The van der Waals surface area contributed by atoms with Crippen LogP contribution in [0.3, 0.4) is 0 Å². The zero-order chi connectivity index (χ0) is 10.7. The van der Waals surface area contributed by atoms with Gasteiger partial charge in [-0.2, -0.15) is 0 Å². The summed E-state index contributed by atoms with van der Waals surface area (Å²) in [6, 6.07) is 0. The Bertz CT molecular complexity index is 211. The molecule has 0 aromatic heterocycles. The number of hydrogen-bond acceptors (Lipinski definition) is 4. The highest BCUT2D eigenvalue weighted by molar-refractivity contribution is 4.87. The number of hydrogen-bond donors (Lipinski definition) is 0. The molecule has 2 fully saturated rings. The van der Waals surface area contributed by atoms with Gasteiger partial charge in [-0.05, 0) is 12.5 Å². The molecule has 1 spiro atoms. The predicted molar refractivity (Wildman–Crippen MR) is 54.3 cm³/mol. The third-order valence-electron chi connectivity index (χ3n) is 2.78. The number of ether oxygens (including phenoxy) is 4. The smallest absolute Gasteiger partial charge is 0.176 e. The van der Waals surface area contributed by atoms with Crippen molar-refractivity contribution in [2.24, 2.45) is 5.41 Å². The van der Waals surface area contributed by atoms with Gasteiger partial charge in [0, 0.05) is 0 Å². The van der Waals surface area contributed by atoms with Crippen LogP contribution in [0.1, 0.15) is 13.3 Å². The van der Waals surface area contributed by atoms with Gasteiger partial charge in [-0.1, -0.05) is 13.5 Å². The van der Waals surface area contributed by atoms with E-state index in [1.807, 2.05) is 6.92 Å². The lowest BCUT2D eigenvalue weighted by molar-refractivity contribution is -0.293. The van der Waals surface area contributed by atoms with E-state index in [0.29, 0.717) is 26.4 Å². The van der Waals surface area contributed by atoms with Gasteiger partial charge in [0.25, 0.3) is 0 Å². The van der Waals surface area contributed by atoms with Crippen LogP contribution in [-0.2, 0) is 18.9 Å². The van der Waals surface area contributed by atoms with Gasteiger partial charge in [-0.25, -0.2) is 0 Å². The van der Waals surface area contributed by atoms with Crippen molar-refractivity contribution < 1.29 is 18.9 Å². The lowest BCUT2D eigenvalue weighted by Crippen LogP contribution is -2.51. The van der Waals surface area contributed by atoms with Crippen molar-refractivity contribution in [2.45, 2.75) is 25.9 Å². The van der Waals surface area contributed by atoms with Crippen molar-refractivity contribution in [2.75, 3.05) is 26.4 Å². The molecule has 0 aliphatic carbocycles. The van der Waals surface area contributed by atoms with Crippen molar-refractivity contribution in [3.63, 3.8) is 0 Å². The molecular formula is C11H18O4. The largest absolute Gasteiger partial charge is 0.352 e. The second-order valence-electron chi connectivity index (χ2n) is 4.19. The maximum absolute atomic E-state index is 5.58. The average Bonchev–Trinajstić information content (AvgIpc) is 2.31. The Morgan fingerprint density at radius 3 is 2.13 bits per heavy atom. The second kappa shape index (κ2) is 4.61. The zero-order valence-electron chi connectivity index (χ0n) is 9.11. The van der Waals surface area contributed by atoms with E-state index in [0.717, 1.165) is 6.42 Å². The summed E-state index contributed by atoms with van der Waals surface area (Å²) in [5.74, 6) is 0. The van der Waals surface area contributed by atoms with E-state index >= 15 is 0 Å². The van der Waals surface area contributed by atoms with Crippen LogP contribution in [0, 0.1) is 5.41 Å². The molecule has 0 radical (unpaired) electrons. The van der Waals surface area contributed by atoms with Crippen LogP contribution >= 0.6 is 0 Å². The van der Waals surface area contributed by atoms with E-state index in [1.165, 1.54) is 0 Å². The van der Waals surface area contributed by atoms with Gasteiger partial charge < -0.3 is 18.9 Å². The fraction of sp³-hybridized carbons (Fsp3) is 0.818. The molecule has 0 bridgehead atoms. The average molecular weight is 214 g/mol. The van der Waals surface area contributed by atoms with E-state index < -0.39 is 0 Å². The molecule has 0 N–H and O–H groups in total. The van der Waals surface area contributed by atoms with Crippen LogP contribution in [0.4, 0.5) is 0 Å². The molecule has 2 heterocycles. The minimum Gasteiger partial charge on any atom is -0.352 e. The first-order valence-electron chi connectivity index (χ1n) is 5.37. The summed E-state index contributed by atoms with van der Waals surface area (Å²) >= 11 is 0. The zero-order valence-corrected chi connectivity index (χ0v) is 9.11. The Morgan fingerprint density at radius 1 is 1.13 bits per heavy atom. The van der Waals surface area contributed by atoms with Crippen LogP contribution in [0.15, 0.2) is 12.7 Å². The van der Waals surface area contributed by atoms with Crippen LogP contribution in [0.2, 0.25) is 0 Å². The SMILES string of the molecule is C=CC1OCC2(CO1)COC(CC)OC2. The third-order valence-corrected chi connectivity index (χ3v) is 2.78. The summed E-state index contributed by atoms with van der Waals surface area (Å²) in [6.45, 7) is 8.20. The van der Waals surface area contributed by atoms with Gasteiger partial charge in [-0.15, -0.1) is 0 Å². The quantitative estimate of drug-likeness (QED) is 0.649. The lowest BCUT2D eigenvalue weighted by Gasteiger charge is -2.43. The first kappa shape index (κ1) is 11.1. The molecule has 0 aromatic rings. The molecule has 2 rings (SSSR count). The van der Waals surface area contributed by atoms with E-state index in [9.17, 15) is 0 Å². The van der Waals surface area contributed by atoms with Crippen LogP contribution in [-0.4, -0.2) is 39.0 Å². The molecule has 0 amide bonds. The summed E-state index contributed by atoms with van der Waals surface area (Å²) in [5, 5.41) is 0. The fourth-order valence-corrected chi connectivity index (χ4v) is 1.78. The second-order valence-corrected chi connectivity index (χ2v) is 4.19. The molecular weight excluding hydrogens is 196 g/mol. The molecule has 2 aliphatic rings. The highest BCUT2D eigenvalue weighted by Crippen LogP contribution is 2.30.